The predicted octanol–water partition coefficient (Wildman–Crippen LogP) is 3.53. The Morgan fingerprint density at radius 2 is 2.29 bits per heavy atom. The first-order chi connectivity index (χ1) is 8.25. The lowest BCUT2D eigenvalue weighted by Crippen LogP contribution is -2.28. The quantitative estimate of drug-likeness (QED) is 0.903. The van der Waals surface area contributed by atoms with Crippen molar-refractivity contribution in [2.45, 2.75) is 11.8 Å². The topological polar surface area (TPSA) is 12.0 Å². The van der Waals surface area contributed by atoms with Gasteiger partial charge in [0, 0.05) is 45.6 Å². The van der Waals surface area contributed by atoms with Gasteiger partial charge in [0.1, 0.15) is 5.82 Å². The van der Waals surface area contributed by atoms with Gasteiger partial charge < -0.3 is 5.32 Å². The summed E-state index contributed by atoms with van der Waals surface area (Å²) in [6.07, 6.45) is 0. The standard InChI is InChI=1S/C12H15BrFNS2/c13-10-2-1-9(12(14)5-10)6-15-7-11-8-16-3-4-17-11/h1-2,5,11,15H,3-4,6-8H2. The summed E-state index contributed by atoms with van der Waals surface area (Å²) in [5, 5.41) is 4.02. The lowest BCUT2D eigenvalue weighted by molar-refractivity contribution is 0.587. The predicted molar refractivity (Wildman–Crippen MR) is 79.4 cm³/mol. The Balaban J connectivity index is 1.77. The molecule has 1 fully saturated rings. The Kier molecular flexibility index (Phi) is 5.66. The lowest BCUT2D eigenvalue weighted by atomic mass is 10.2. The monoisotopic (exact) mass is 335 g/mol. The molecule has 2 rings (SSSR count). The molecule has 0 spiro atoms. The molecule has 0 bridgehead atoms. The summed E-state index contributed by atoms with van der Waals surface area (Å²) in [7, 11) is 0. The maximum absolute atomic E-state index is 13.5. The molecule has 1 saturated heterocycles. The molecule has 1 aliphatic heterocycles. The highest BCUT2D eigenvalue weighted by Gasteiger charge is 2.13. The zero-order chi connectivity index (χ0) is 12.1. The van der Waals surface area contributed by atoms with E-state index in [2.05, 4.69) is 21.2 Å². The molecular formula is C12H15BrFNS2. The molecule has 1 aliphatic rings. The molecule has 0 amide bonds. The van der Waals surface area contributed by atoms with Gasteiger partial charge in [-0.15, -0.1) is 0 Å². The van der Waals surface area contributed by atoms with Crippen LogP contribution in [0.2, 0.25) is 0 Å². The fraction of sp³-hybridized carbons (Fsp3) is 0.500. The Morgan fingerprint density at radius 1 is 1.41 bits per heavy atom. The van der Waals surface area contributed by atoms with Crippen LogP contribution in [0.1, 0.15) is 5.56 Å². The first-order valence-electron chi connectivity index (χ1n) is 5.59. The van der Waals surface area contributed by atoms with Crippen LogP contribution in [0.4, 0.5) is 4.39 Å². The van der Waals surface area contributed by atoms with Gasteiger partial charge in [0.2, 0.25) is 0 Å². The highest BCUT2D eigenvalue weighted by atomic mass is 79.9. The number of hydrogen-bond donors (Lipinski definition) is 1. The van der Waals surface area contributed by atoms with Crippen LogP contribution in [0.25, 0.3) is 0 Å². The van der Waals surface area contributed by atoms with Gasteiger partial charge in [-0.1, -0.05) is 22.0 Å². The molecule has 1 aromatic carbocycles. The van der Waals surface area contributed by atoms with Crippen molar-refractivity contribution in [1.29, 1.82) is 0 Å². The van der Waals surface area contributed by atoms with Crippen molar-refractivity contribution >= 4 is 39.5 Å². The third kappa shape index (κ3) is 4.47. The van der Waals surface area contributed by atoms with E-state index in [-0.39, 0.29) is 5.82 Å². The van der Waals surface area contributed by atoms with Crippen LogP contribution in [0.3, 0.4) is 0 Å². The van der Waals surface area contributed by atoms with Crippen molar-refractivity contribution in [2.24, 2.45) is 0 Å². The Labute approximate surface area is 118 Å². The molecule has 0 saturated carbocycles. The molecule has 1 heterocycles. The zero-order valence-electron chi connectivity index (χ0n) is 9.42. The van der Waals surface area contributed by atoms with E-state index in [0.29, 0.717) is 11.8 Å². The van der Waals surface area contributed by atoms with E-state index in [4.69, 9.17) is 0 Å². The van der Waals surface area contributed by atoms with Gasteiger partial charge in [-0.25, -0.2) is 4.39 Å². The lowest BCUT2D eigenvalue weighted by Gasteiger charge is -2.21. The second-order valence-corrected chi connectivity index (χ2v) is 7.41. The summed E-state index contributed by atoms with van der Waals surface area (Å²) >= 11 is 7.29. The summed E-state index contributed by atoms with van der Waals surface area (Å²) in [4.78, 5) is 0. The van der Waals surface area contributed by atoms with Gasteiger partial charge in [-0.05, 0) is 12.1 Å². The van der Waals surface area contributed by atoms with Crippen molar-refractivity contribution in [3.05, 3.63) is 34.1 Å². The summed E-state index contributed by atoms with van der Waals surface area (Å²) < 4.78 is 14.3. The van der Waals surface area contributed by atoms with E-state index in [9.17, 15) is 4.39 Å². The maximum Gasteiger partial charge on any atom is 0.128 e. The highest BCUT2D eigenvalue weighted by Crippen LogP contribution is 2.23. The fourth-order valence-corrected chi connectivity index (χ4v) is 4.67. The van der Waals surface area contributed by atoms with Gasteiger partial charge in [-0.2, -0.15) is 23.5 Å². The number of halogens is 2. The van der Waals surface area contributed by atoms with Crippen molar-refractivity contribution in [1.82, 2.24) is 5.32 Å². The minimum absolute atomic E-state index is 0.141. The SMILES string of the molecule is Fc1cc(Br)ccc1CNCC1CSCCS1. The molecule has 1 unspecified atom stereocenters. The second kappa shape index (κ2) is 7.02. The van der Waals surface area contributed by atoms with E-state index in [1.165, 1.54) is 23.3 Å². The van der Waals surface area contributed by atoms with Crippen molar-refractivity contribution in [3.8, 4) is 0 Å². The van der Waals surface area contributed by atoms with Crippen LogP contribution >= 0.6 is 39.5 Å². The average molecular weight is 336 g/mol. The molecule has 1 N–H and O–H groups in total. The van der Waals surface area contributed by atoms with Crippen molar-refractivity contribution in [3.63, 3.8) is 0 Å². The minimum atomic E-state index is -0.141. The van der Waals surface area contributed by atoms with E-state index in [1.54, 1.807) is 0 Å². The molecule has 5 heteroatoms. The fourth-order valence-electron chi connectivity index (χ4n) is 1.69. The molecule has 0 radical (unpaired) electrons. The van der Waals surface area contributed by atoms with Crippen LogP contribution in [0.5, 0.6) is 0 Å². The number of hydrogen-bond acceptors (Lipinski definition) is 3. The molecule has 1 atom stereocenters. The first kappa shape index (κ1) is 13.7. The Bertz CT molecular complexity index is 370. The summed E-state index contributed by atoms with van der Waals surface area (Å²) in [6.45, 7) is 1.58. The van der Waals surface area contributed by atoms with Crippen LogP contribution in [-0.2, 0) is 6.54 Å². The summed E-state index contributed by atoms with van der Waals surface area (Å²) in [5.41, 5.74) is 0.738. The summed E-state index contributed by atoms with van der Waals surface area (Å²) in [5.74, 6) is 3.57. The molecule has 1 aromatic rings. The van der Waals surface area contributed by atoms with Gasteiger partial charge in [0.15, 0.2) is 0 Å². The smallest absolute Gasteiger partial charge is 0.128 e. The Hall–Kier alpha value is 0.290. The molecule has 1 nitrogen and oxygen atoms in total. The van der Waals surface area contributed by atoms with E-state index in [1.807, 2.05) is 35.7 Å². The van der Waals surface area contributed by atoms with Crippen LogP contribution in [0.15, 0.2) is 22.7 Å². The second-order valence-electron chi connectivity index (χ2n) is 3.93. The third-order valence-corrected chi connectivity index (χ3v) is 5.93. The minimum Gasteiger partial charge on any atom is -0.311 e. The molecule has 0 aromatic heterocycles. The molecule has 0 aliphatic carbocycles. The molecule has 94 valence electrons. The largest absolute Gasteiger partial charge is 0.311 e. The average Bonchev–Trinajstić information content (AvgIpc) is 2.33. The van der Waals surface area contributed by atoms with Crippen LogP contribution in [-0.4, -0.2) is 29.1 Å². The highest BCUT2D eigenvalue weighted by molar-refractivity contribution is 9.10. The van der Waals surface area contributed by atoms with Gasteiger partial charge in [-0.3, -0.25) is 0 Å². The zero-order valence-corrected chi connectivity index (χ0v) is 12.6. The number of nitrogens with one attached hydrogen (secondary N) is 1. The third-order valence-electron chi connectivity index (χ3n) is 2.59. The number of benzene rings is 1. The van der Waals surface area contributed by atoms with E-state index >= 15 is 0 Å². The van der Waals surface area contributed by atoms with Crippen molar-refractivity contribution in [2.75, 3.05) is 23.8 Å². The van der Waals surface area contributed by atoms with E-state index in [0.717, 1.165) is 16.6 Å². The first-order valence-corrected chi connectivity index (χ1v) is 8.59. The maximum atomic E-state index is 13.5. The summed E-state index contributed by atoms with van der Waals surface area (Å²) in [6, 6.07) is 5.22. The number of thioether (sulfide) groups is 2. The van der Waals surface area contributed by atoms with Crippen molar-refractivity contribution < 1.29 is 4.39 Å². The van der Waals surface area contributed by atoms with Gasteiger partial charge in [0.25, 0.3) is 0 Å². The van der Waals surface area contributed by atoms with Crippen LogP contribution < -0.4 is 5.32 Å². The van der Waals surface area contributed by atoms with Crippen LogP contribution in [0, 0.1) is 5.82 Å². The normalized spacial score (nSPS) is 20.5. The molecule has 17 heavy (non-hydrogen) atoms. The Morgan fingerprint density at radius 3 is 3.00 bits per heavy atom. The van der Waals surface area contributed by atoms with Gasteiger partial charge >= 0.3 is 0 Å². The van der Waals surface area contributed by atoms with Gasteiger partial charge in [0.05, 0.1) is 0 Å². The number of rotatable bonds is 4. The van der Waals surface area contributed by atoms with E-state index < -0.39 is 0 Å². The molecular weight excluding hydrogens is 321 g/mol.